The molecule has 0 saturated heterocycles. The highest BCUT2D eigenvalue weighted by Gasteiger charge is 2.48. The van der Waals surface area contributed by atoms with Crippen LogP contribution in [0.4, 0.5) is 52.7 Å². The highest BCUT2D eigenvalue weighted by atomic mass is 32.3. The van der Waals surface area contributed by atoms with Crippen LogP contribution in [-0.4, -0.2) is 119 Å². The average Bonchev–Trinajstić information content (AvgIpc) is 2.87. The molecule has 0 N–H and O–H groups in total. The van der Waals surface area contributed by atoms with Crippen LogP contribution in [0, 0.1) is 0 Å². The van der Waals surface area contributed by atoms with E-state index in [0.29, 0.717) is 0 Å². The molecule has 0 bridgehead atoms. The van der Waals surface area contributed by atoms with Crippen molar-refractivity contribution >= 4 is 40.1 Å². The standard InChI is InChI=1S/C11H26N.C7H18N.2C2F6NO4S2/c1-5-9-10-11-12(6-2,7-3)8-4;1-5-6-7-8(2,3)4;2*3-1(4,5)14(10,11)9-15(12,13)2(6,7)8/h5-11H2,1-4H3;5-7H2,1-4H3;;/q2*+1;2*-1. The molecule has 0 rings (SSSR count). The van der Waals surface area contributed by atoms with Gasteiger partial charge in [0.15, 0.2) is 40.1 Å². The van der Waals surface area contributed by atoms with Gasteiger partial charge in [-0.2, -0.15) is 52.7 Å². The van der Waals surface area contributed by atoms with Gasteiger partial charge in [0.25, 0.3) is 0 Å². The fraction of sp³-hybridized carbons (Fsp3) is 1.00. The van der Waals surface area contributed by atoms with Gasteiger partial charge in [-0.05, 0) is 40.0 Å². The summed E-state index contributed by atoms with van der Waals surface area (Å²) in [7, 11) is -20.2. The largest absolute Gasteiger partial charge is 0.480 e. The van der Waals surface area contributed by atoms with Gasteiger partial charge in [-0.1, -0.05) is 26.7 Å². The normalized spacial score (nSPS) is 14.0. The first kappa shape index (κ1) is 55.6. The van der Waals surface area contributed by atoms with Gasteiger partial charge in [0.05, 0.1) is 53.9 Å². The third kappa shape index (κ3) is 22.0. The molecule has 0 spiro atoms. The first-order valence-electron chi connectivity index (χ1n) is 14.1. The summed E-state index contributed by atoms with van der Waals surface area (Å²) in [5.74, 6) is 0. The van der Waals surface area contributed by atoms with E-state index < -0.39 is 62.1 Å². The van der Waals surface area contributed by atoms with Crippen molar-refractivity contribution in [3.8, 4) is 0 Å². The van der Waals surface area contributed by atoms with Gasteiger partial charge in [0.2, 0.25) is 0 Å². The Labute approximate surface area is 285 Å². The molecule has 0 aromatic heterocycles. The number of nitrogens with zero attached hydrogens (tertiary/aromatic N) is 4. The molecule has 0 aliphatic rings. The SMILES string of the molecule is CCCCC[N+](CC)(CC)CC.CCCC[N+](C)(C)C.O=S(=O)([N-]S(=O)(=O)C(F)(F)F)C(F)(F)F.O=S(=O)([N-]S(=O)(=O)C(F)(F)F)C(F)(F)F. The van der Waals surface area contributed by atoms with Crippen LogP contribution in [-0.2, 0) is 40.1 Å². The summed E-state index contributed by atoms with van der Waals surface area (Å²) in [6.45, 7) is 18.1. The molecule has 0 radical (unpaired) electrons. The predicted octanol–water partition coefficient (Wildman–Crippen LogP) is 6.66. The van der Waals surface area contributed by atoms with E-state index in [9.17, 15) is 86.4 Å². The molecule has 0 aromatic carbocycles. The number of halogens is 12. The molecule has 50 heavy (non-hydrogen) atoms. The molecule has 0 unspecified atom stereocenters. The van der Waals surface area contributed by atoms with Crippen molar-refractivity contribution < 1.29 is 95.3 Å². The summed E-state index contributed by atoms with van der Waals surface area (Å²) < 4.78 is 221. The maximum Gasteiger partial charge on any atom is 0.480 e. The lowest BCUT2D eigenvalue weighted by molar-refractivity contribution is -0.923. The van der Waals surface area contributed by atoms with E-state index in [1.165, 1.54) is 69.3 Å². The van der Waals surface area contributed by atoms with Gasteiger partial charge in [-0.3, -0.25) is 0 Å². The van der Waals surface area contributed by atoms with Crippen LogP contribution < -0.4 is 0 Å². The van der Waals surface area contributed by atoms with Crippen molar-refractivity contribution in [1.29, 1.82) is 0 Å². The Morgan fingerprint density at radius 1 is 0.420 bits per heavy atom. The Bertz CT molecular complexity index is 1220. The second-order valence-electron chi connectivity index (χ2n) is 10.9. The van der Waals surface area contributed by atoms with Crippen LogP contribution in [0.1, 0.15) is 66.7 Å². The zero-order chi connectivity index (χ0) is 41.5. The summed E-state index contributed by atoms with van der Waals surface area (Å²) >= 11 is 0. The predicted molar refractivity (Wildman–Crippen MR) is 161 cm³/mol. The molecule has 12 nitrogen and oxygen atoms in total. The Balaban J connectivity index is -0.000000289. The van der Waals surface area contributed by atoms with Crippen molar-refractivity contribution in [2.75, 3.05) is 53.9 Å². The fourth-order valence-electron chi connectivity index (χ4n) is 2.90. The van der Waals surface area contributed by atoms with Gasteiger partial charge >= 0.3 is 22.0 Å². The summed E-state index contributed by atoms with van der Waals surface area (Å²) in [4.78, 5) is 0. The van der Waals surface area contributed by atoms with E-state index in [1.807, 2.05) is 0 Å². The molecule has 0 amide bonds. The fourth-order valence-corrected chi connectivity index (χ4v) is 6.32. The molecule has 308 valence electrons. The highest BCUT2D eigenvalue weighted by molar-refractivity contribution is 8.13. The van der Waals surface area contributed by atoms with E-state index in [1.54, 1.807) is 0 Å². The number of rotatable bonds is 14. The third-order valence-corrected chi connectivity index (χ3v) is 11.5. The van der Waals surface area contributed by atoms with E-state index in [0.717, 1.165) is 12.7 Å². The minimum atomic E-state index is -6.72. The summed E-state index contributed by atoms with van der Waals surface area (Å²) in [5, 5.41) is 0. The second kappa shape index (κ2) is 20.9. The zero-order valence-corrected chi connectivity index (χ0v) is 31.6. The third-order valence-electron chi connectivity index (χ3n) is 5.99. The minimum Gasteiger partial charge on any atom is -0.421 e. The zero-order valence-electron chi connectivity index (χ0n) is 28.3. The van der Waals surface area contributed by atoms with E-state index in [-0.39, 0.29) is 0 Å². The topological polar surface area (TPSA) is 165 Å². The molecule has 0 heterocycles. The summed E-state index contributed by atoms with van der Waals surface area (Å²) in [5.41, 5.74) is -24.8. The first-order chi connectivity index (χ1) is 21.7. The lowest BCUT2D eigenvalue weighted by Gasteiger charge is -2.35. The van der Waals surface area contributed by atoms with E-state index in [2.05, 4.69) is 55.8 Å². The number of sulfonamides is 4. The van der Waals surface area contributed by atoms with Crippen molar-refractivity contribution in [3.63, 3.8) is 0 Å². The van der Waals surface area contributed by atoms with Crippen molar-refractivity contribution in [1.82, 2.24) is 0 Å². The second-order valence-corrected chi connectivity index (χ2v) is 17.8. The first-order valence-corrected chi connectivity index (χ1v) is 19.9. The number of alkyl halides is 12. The minimum absolute atomic E-state index is 0.778. The summed E-state index contributed by atoms with van der Waals surface area (Å²) in [6, 6.07) is 0. The number of hydrogen-bond donors (Lipinski definition) is 0. The number of quaternary nitrogens is 2. The number of hydrogen-bond acceptors (Lipinski definition) is 8. The molecule has 0 atom stereocenters. The molecule has 0 aromatic rings. The maximum absolute atomic E-state index is 11.4. The Kier molecular flexibility index (Phi) is 23.2. The van der Waals surface area contributed by atoms with Gasteiger partial charge < -0.3 is 17.2 Å². The van der Waals surface area contributed by atoms with Gasteiger partial charge in [-0.15, -0.1) is 0 Å². The van der Waals surface area contributed by atoms with Crippen LogP contribution in [0.5, 0.6) is 0 Å². The summed E-state index contributed by atoms with van der Waals surface area (Å²) in [6.07, 6.45) is 6.82. The van der Waals surface area contributed by atoms with E-state index >= 15 is 0 Å². The van der Waals surface area contributed by atoms with Crippen LogP contribution in [0.3, 0.4) is 0 Å². The van der Waals surface area contributed by atoms with Crippen LogP contribution >= 0.6 is 0 Å². The average molecular weight is 849 g/mol. The molecule has 0 aliphatic heterocycles. The molecule has 28 heteroatoms. The van der Waals surface area contributed by atoms with Gasteiger partial charge in [0, 0.05) is 0 Å². The molecular formula is C22H44F12N4O8S4. The van der Waals surface area contributed by atoms with Crippen molar-refractivity contribution in [2.24, 2.45) is 0 Å². The monoisotopic (exact) mass is 848 g/mol. The Morgan fingerprint density at radius 3 is 0.800 bits per heavy atom. The quantitative estimate of drug-likeness (QED) is 0.106. The van der Waals surface area contributed by atoms with Crippen LogP contribution in [0.2, 0.25) is 0 Å². The van der Waals surface area contributed by atoms with Crippen LogP contribution in [0.15, 0.2) is 0 Å². The molecule has 0 fully saturated rings. The lowest BCUT2D eigenvalue weighted by Crippen LogP contribution is -2.48. The number of unbranched alkanes of at least 4 members (excludes halogenated alkanes) is 3. The molecular weight excluding hydrogens is 805 g/mol. The van der Waals surface area contributed by atoms with Crippen LogP contribution in [0.25, 0.3) is 8.25 Å². The Morgan fingerprint density at radius 2 is 0.660 bits per heavy atom. The van der Waals surface area contributed by atoms with Gasteiger partial charge in [0.1, 0.15) is 0 Å². The van der Waals surface area contributed by atoms with Crippen molar-refractivity contribution in [2.45, 2.75) is 88.8 Å². The van der Waals surface area contributed by atoms with E-state index in [4.69, 9.17) is 0 Å². The van der Waals surface area contributed by atoms with Gasteiger partial charge in [-0.25, -0.2) is 33.7 Å². The Hall–Kier alpha value is -1.20. The molecule has 0 saturated carbocycles. The smallest absolute Gasteiger partial charge is 0.421 e. The lowest BCUT2D eigenvalue weighted by atomic mass is 10.2. The maximum atomic E-state index is 11.4. The highest BCUT2D eigenvalue weighted by Crippen LogP contribution is 2.37. The van der Waals surface area contributed by atoms with Crippen molar-refractivity contribution in [3.05, 3.63) is 8.25 Å². The molecule has 0 aliphatic carbocycles.